The average Bonchev–Trinajstić information content (AvgIpc) is 2.51. The summed E-state index contributed by atoms with van der Waals surface area (Å²) in [6.07, 6.45) is -4.70. The van der Waals surface area contributed by atoms with E-state index < -0.39 is 23.2 Å². The van der Waals surface area contributed by atoms with E-state index >= 15 is 0 Å². The molecule has 1 aromatic rings. The van der Waals surface area contributed by atoms with Crippen LogP contribution in [-0.2, 0) is 17.4 Å². The average molecular weight is 277 g/mol. The van der Waals surface area contributed by atoms with Crippen molar-refractivity contribution in [2.45, 2.75) is 18.6 Å². The molecule has 0 fully saturated rings. The molecule has 0 unspecified atom stereocenters. The zero-order chi connectivity index (χ0) is 11.6. The molecule has 0 saturated carbocycles. The van der Waals surface area contributed by atoms with Crippen molar-refractivity contribution in [3.05, 3.63) is 16.1 Å². The van der Waals surface area contributed by atoms with Gasteiger partial charge in [0.25, 0.3) is 0 Å². The number of halogens is 4. The molecule has 92 valence electrons. The Labute approximate surface area is 98.7 Å². The third-order valence-corrected chi connectivity index (χ3v) is 2.48. The molecule has 9 heteroatoms. The molecular weight excluding hydrogens is 269 g/mol. The van der Waals surface area contributed by atoms with Crippen molar-refractivity contribution < 1.29 is 23.1 Å². The van der Waals surface area contributed by atoms with Crippen molar-refractivity contribution in [2.24, 2.45) is 5.73 Å². The molecule has 0 aliphatic carbocycles. The Morgan fingerprint density at radius 2 is 2.19 bits per heavy atom. The van der Waals surface area contributed by atoms with Crippen LogP contribution in [-0.4, -0.2) is 22.1 Å². The second kappa shape index (κ2) is 5.46. The number of carbonyl (C=O) groups is 1. The fourth-order valence-electron chi connectivity index (χ4n) is 0.844. The van der Waals surface area contributed by atoms with Gasteiger partial charge >= 0.3 is 12.1 Å². The maximum Gasteiger partial charge on any atom is 0.443 e. The van der Waals surface area contributed by atoms with Crippen LogP contribution in [0.2, 0.25) is 0 Å². The Bertz CT molecular complexity index is 369. The van der Waals surface area contributed by atoms with E-state index in [1.165, 1.54) is 0 Å². The van der Waals surface area contributed by atoms with Gasteiger partial charge in [-0.1, -0.05) is 0 Å². The van der Waals surface area contributed by atoms with E-state index in [-0.39, 0.29) is 24.5 Å². The molecule has 1 atom stereocenters. The summed E-state index contributed by atoms with van der Waals surface area (Å²) >= 11 is 0.426. The standard InChI is InChI=1S/C7H7F3N2O2S.ClH/c8-7(9,10)6-12-3(2-15-6)1-4(11)5(13)14;/h2,4H,1,11H2,(H,13,14);1H/t4-;/m0./s1. The Hall–Kier alpha value is -0.860. The summed E-state index contributed by atoms with van der Waals surface area (Å²) in [4.78, 5) is 13.6. The zero-order valence-electron chi connectivity index (χ0n) is 7.69. The third kappa shape index (κ3) is 3.95. The summed E-state index contributed by atoms with van der Waals surface area (Å²) < 4.78 is 36.3. The first-order valence-electron chi connectivity index (χ1n) is 3.80. The molecule has 0 aromatic carbocycles. The molecular formula is C7H8ClF3N2O2S. The molecule has 0 spiro atoms. The first-order chi connectivity index (χ1) is 6.80. The van der Waals surface area contributed by atoms with E-state index in [2.05, 4.69) is 4.98 Å². The minimum atomic E-state index is -4.49. The predicted molar refractivity (Wildman–Crippen MR) is 53.7 cm³/mol. The molecule has 3 N–H and O–H groups in total. The Morgan fingerprint density at radius 1 is 1.62 bits per heavy atom. The number of hydrogen-bond acceptors (Lipinski definition) is 4. The smallest absolute Gasteiger partial charge is 0.443 e. The molecule has 16 heavy (non-hydrogen) atoms. The highest BCUT2D eigenvalue weighted by Crippen LogP contribution is 2.31. The maximum atomic E-state index is 12.1. The first-order valence-corrected chi connectivity index (χ1v) is 4.68. The number of thiazole rings is 1. The second-order valence-corrected chi connectivity index (χ2v) is 3.65. The van der Waals surface area contributed by atoms with Gasteiger partial charge in [0.15, 0.2) is 5.01 Å². The lowest BCUT2D eigenvalue weighted by Crippen LogP contribution is -2.32. The van der Waals surface area contributed by atoms with Gasteiger partial charge in [0.05, 0.1) is 5.69 Å². The van der Waals surface area contributed by atoms with E-state index in [0.717, 1.165) is 5.38 Å². The molecule has 0 radical (unpaired) electrons. The molecule has 0 aliphatic rings. The Kier molecular flexibility index (Phi) is 5.17. The lowest BCUT2D eigenvalue weighted by molar-refractivity contribution is -0.138. The summed E-state index contributed by atoms with van der Waals surface area (Å²) in [5.74, 6) is -1.27. The highest BCUT2D eigenvalue weighted by molar-refractivity contribution is 7.09. The van der Waals surface area contributed by atoms with E-state index in [4.69, 9.17) is 10.8 Å². The van der Waals surface area contributed by atoms with Crippen LogP contribution in [0.1, 0.15) is 10.7 Å². The van der Waals surface area contributed by atoms with Gasteiger partial charge in [0, 0.05) is 11.8 Å². The minimum absolute atomic E-state index is 0. The summed E-state index contributed by atoms with van der Waals surface area (Å²) in [5.41, 5.74) is 5.19. The third-order valence-electron chi connectivity index (χ3n) is 1.54. The number of hydrogen-bond donors (Lipinski definition) is 2. The molecule has 0 bridgehead atoms. The molecule has 0 aliphatic heterocycles. The molecule has 4 nitrogen and oxygen atoms in total. The van der Waals surface area contributed by atoms with Crippen LogP contribution >= 0.6 is 23.7 Å². The number of carboxylic acids is 1. The lowest BCUT2D eigenvalue weighted by Gasteiger charge is -2.03. The molecule has 0 saturated heterocycles. The quantitative estimate of drug-likeness (QED) is 0.878. The normalized spacial score (nSPS) is 13.0. The van der Waals surface area contributed by atoms with Crippen LogP contribution < -0.4 is 5.73 Å². The molecule has 0 amide bonds. The van der Waals surface area contributed by atoms with Gasteiger partial charge in [-0.15, -0.1) is 23.7 Å². The number of nitrogens with zero attached hydrogens (tertiary/aromatic N) is 1. The van der Waals surface area contributed by atoms with Crippen LogP contribution in [0, 0.1) is 0 Å². The van der Waals surface area contributed by atoms with Crippen molar-refractivity contribution in [1.29, 1.82) is 0 Å². The van der Waals surface area contributed by atoms with Crippen molar-refractivity contribution in [3.8, 4) is 0 Å². The minimum Gasteiger partial charge on any atom is -0.480 e. The fourth-order valence-corrected chi connectivity index (χ4v) is 1.54. The topological polar surface area (TPSA) is 76.2 Å². The summed E-state index contributed by atoms with van der Waals surface area (Å²) in [5, 5.41) is 8.61. The SMILES string of the molecule is Cl.N[C@@H](Cc1csc(C(F)(F)F)n1)C(=O)O. The largest absolute Gasteiger partial charge is 0.480 e. The van der Waals surface area contributed by atoms with Crippen LogP contribution in [0.4, 0.5) is 13.2 Å². The number of rotatable bonds is 3. The van der Waals surface area contributed by atoms with Crippen molar-refractivity contribution in [1.82, 2.24) is 4.98 Å². The molecule has 1 rings (SSSR count). The number of nitrogens with two attached hydrogens (primary N) is 1. The van der Waals surface area contributed by atoms with Crippen molar-refractivity contribution >= 4 is 29.7 Å². The van der Waals surface area contributed by atoms with E-state index in [9.17, 15) is 18.0 Å². The number of carboxylic acid groups (broad SMARTS) is 1. The highest BCUT2D eigenvalue weighted by Gasteiger charge is 2.34. The number of alkyl halides is 3. The van der Waals surface area contributed by atoms with Gasteiger partial charge in [-0.05, 0) is 0 Å². The lowest BCUT2D eigenvalue weighted by atomic mass is 10.2. The van der Waals surface area contributed by atoms with Crippen LogP contribution in [0.5, 0.6) is 0 Å². The summed E-state index contributed by atoms with van der Waals surface area (Å²) in [7, 11) is 0. The zero-order valence-corrected chi connectivity index (χ0v) is 9.33. The number of aliphatic carboxylic acids is 1. The van der Waals surface area contributed by atoms with Gasteiger partial charge in [-0.3, -0.25) is 4.79 Å². The van der Waals surface area contributed by atoms with Gasteiger partial charge in [-0.2, -0.15) is 13.2 Å². The summed E-state index contributed by atoms with van der Waals surface area (Å²) in [6, 6.07) is -1.23. The predicted octanol–water partition coefficient (Wildman–Crippen LogP) is 1.54. The van der Waals surface area contributed by atoms with Crippen LogP contribution in [0.25, 0.3) is 0 Å². The van der Waals surface area contributed by atoms with Gasteiger partial charge in [-0.25, -0.2) is 4.98 Å². The van der Waals surface area contributed by atoms with Gasteiger partial charge in [0.1, 0.15) is 6.04 Å². The van der Waals surface area contributed by atoms with Crippen LogP contribution in [0.15, 0.2) is 5.38 Å². The van der Waals surface area contributed by atoms with Crippen LogP contribution in [0.3, 0.4) is 0 Å². The van der Waals surface area contributed by atoms with Crippen molar-refractivity contribution in [3.63, 3.8) is 0 Å². The monoisotopic (exact) mass is 276 g/mol. The Morgan fingerprint density at radius 3 is 2.56 bits per heavy atom. The van der Waals surface area contributed by atoms with Crippen molar-refractivity contribution in [2.75, 3.05) is 0 Å². The Balaban J connectivity index is 0.00000225. The van der Waals surface area contributed by atoms with Gasteiger partial charge in [0.2, 0.25) is 0 Å². The summed E-state index contributed by atoms with van der Waals surface area (Å²) in [6.45, 7) is 0. The van der Waals surface area contributed by atoms with Gasteiger partial charge < -0.3 is 10.8 Å². The number of aromatic nitrogens is 1. The molecule has 1 heterocycles. The first kappa shape index (κ1) is 15.1. The van der Waals surface area contributed by atoms with E-state index in [1.807, 2.05) is 0 Å². The molecule has 1 aromatic heterocycles. The second-order valence-electron chi connectivity index (χ2n) is 2.79. The van der Waals surface area contributed by atoms with E-state index in [1.54, 1.807) is 0 Å². The fraction of sp³-hybridized carbons (Fsp3) is 0.429. The highest BCUT2D eigenvalue weighted by atomic mass is 35.5. The maximum absolute atomic E-state index is 12.1. The van der Waals surface area contributed by atoms with E-state index in [0.29, 0.717) is 11.3 Å².